The van der Waals surface area contributed by atoms with Gasteiger partial charge in [-0.05, 0) is 79.8 Å². The fourth-order valence-electron chi connectivity index (χ4n) is 4.63. The van der Waals surface area contributed by atoms with E-state index in [1.165, 1.54) is 45.3 Å². The second kappa shape index (κ2) is 6.50. The van der Waals surface area contributed by atoms with Crippen LogP contribution in [0.1, 0.15) is 40.9 Å². The number of fused-ring (bicyclic) bond motifs is 4. The summed E-state index contributed by atoms with van der Waals surface area (Å²) in [5.41, 5.74) is 9.42. The van der Waals surface area contributed by atoms with Crippen LogP contribution in [0.4, 0.5) is 0 Å². The molecule has 0 bridgehead atoms. The minimum Gasteiger partial charge on any atom is -0.320 e. The normalized spacial score (nSPS) is 18.7. The molecule has 3 nitrogen and oxygen atoms in total. The summed E-state index contributed by atoms with van der Waals surface area (Å²) in [4.78, 5) is 6.90. The van der Waals surface area contributed by atoms with Crippen molar-refractivity contribution in [1.82, 2.24) is 14.5 Å². The molecule has 0 saturated carbocycles. The SMILES string of the molecule is Cc1cc2c(cn1)CCC/C2=C\n1c2c(c3cc(Cl)ccc31)CN(C)CC2. The molecule has 0 radical (unpaired) electrons. The van der Waals surface area contributed by atoms with Crippen molar-refractivity contribution in [3.05, 3.63) is 63.6 Å². The smallest absolute Gasteiger partial charge is 0.0529 e. The van der Waals surface area contributed by atoms with Crippen LogP contribution in [0.2, 0.25) is 5.02 Å². The lowest BCUT2D eigenvalue weighted by Gasteiger charge is -2.24. The number of aromatic nitrogens is 2. The second-order valence-electron chi connectivity index (χ2n) is 7.94. The molecule has 1 aliphatic heterocycles. The maximum atomic E-state index is 6.34. The molecule has 1 aliphatic carbocycles. The molecule has 0 spiro atoms. The fourth-order valence-corrected chi connectivity index (χ4v) is 4.80. The van der Waals surface area contributed by atoms with Gasteiger partial charge in [-0.3, -0.25) is 4.98 Å². The number of halogens is 1. The van der Waals surface area contributed by atoms with E-state index < -0.39 is 0 Å². The molecule has 1 aromatic carbocycles. The number of rotatable bonds is 1. The maximum absolute atomic E-state index is 6.34. The van der Waals surface area contributed by atoms with Gasteiger partial charge in [0, 0.05) is 53.7 Å². The quantitative estimate of drug-likeness (QED) is 0.572. The summed E-state index contributed by atoms with van der Waals surface area (Å²) in [6.45, 7) is 4.17. The zero-order chi connectivity index (χ0) is 18.5. The second-order valence-corrected chi connectivity index (χ2v) is 8.37. The predicted octanol–water partition coefficient (Wildman–Crippen LogP) is 5.32. The summed E-state index contributed by atoms with van der Waals surface area (Å²) in [5, 5.41) is 2.11. The lowest BCUT2D eigenvalue weighted by molar-refractivity contribution is 0.312. The molecule has 0 fully saturated rings. The third kappa shape index (κ3) is 2.90. The van der Waals surface area contributed by atoms with E-state index in [2.05, 4.69) is 59.0 Å². The minimum absolute atomic E-state index is 0.813. The lowest BCUT2D eigenvalue weighted by atomic mass is 9.88. The van der Waals surface area contributed by atoms with Crippen LogP contribution in [-0.2, 0) is 19.4 Å². The van der Waals surface area contributed by atoms with Gasteiger partial charge < -0.3 is 9.47 Å². The van der Waals surface area contributed by atoms with Gasteiger partial charge in [0.25, 0.3) is 0 Å². The predicted molar refractivity (Wildman–Crippen MR) is 113 cm³/mol. The number of pyridine rings is 1. The summed E-state index contributed by atoms with van der Waals surface area (Å²) < 4.78 is 2.44. The third-order valence-electron chi connectivity index (χ3n) is 5.99. The van der Waals surface area contributed by atoms with Gasteiger partial charge in [0.15, 0.2) is 0 Å². The Labute approximate surface area is 165 Å². The Bertz CT molecular complexity index is 1080. The molecule has 0 unspecified atom stereocenters. The van der Waals surface area contributed by atoms with Crippen LogP contribution < -0.4 is 0 Å². The van der Waals surface area contributed by atoms with Crippen molar-refractivity contribution in [3.63, 3.8) is 0 Å². The molecule has 2 aliphatic rings. The zero-order valence-corrected chi connectivity index (χ0v) is 16.7. The summed E-state index contributed by atoms with van der Waals surface area (Å²) >= 11 is 6.34. The van der Waals surface area contributed by atoms with Gasteiger partial charge in [-0.15, -0.1) is 0 Å². The molecule has 0 atom stereocenters. The Kier molecular flexibility index (Phi) is 4.10. The van der Waals surface area contributed by atoms with E-state index >= 15 is 0 Å². The fraction of sp³-hybridized carbons (Fsp3) is 0.348. The molecule has 138 valence electrons. The Morgan fingerprint density at radius 3 is 2.93 bits per heavy atom. The van der Waals surface area contributed by atoms with Gasteiger partial charge >= 0.3 is 0 Å². The van der Waals surface area contributed by atoms with Crippen LogP contribution in [-0.4, -0.2) is 28.0 Å². The summed E-state index contributed by atoms with van der Waals surface area (Å²) in [7, 11) is 2.20. The van der Waals surface area contributed by atoms with Crippen molar-refractivity contribution in [3.8, 4) is 0 Å². The molecular weight excluding hydrogens is 354 g/mol. The molecule has 0 N–H and O–H groups in total. The standard InChI is InChI=1S/C23H24ClN3/c1-15-10-19-16(12-25-15)4-3-5-17(19)13-27-22-7-6-18(24)11-20(22)21-14-26(2)9-8-23(21)27/h6-7,10-13H,3-5,8-9,14H2,1-2H3/b17-13+. The van der Waals surface area contributed by atoms with Crippen LogP contribution in [0, 0.1) is 6.92 Å². The van der Waals surface area contributed by atoms with Crippen molar-refractivity contribution < 1.29 is 0 Å². The molecule has 0 amide bonds. The van der Waals surface area contributed by atoms with E-state index in [0.717, 1.165) is 43.1 Å². The van der Waals surface area contributed by atoms with E-state index in [1.807, 2.05) is 6.07 Å². The van der Waals surface area contributed by atoms with E-state index in [-0.39, 0.29) is 0 Å². The number of benzene rings is 1. The monoisotopic (exact) mass is 377 g/mol. The first kappa shape index (κ1) is 17.0. The van der Waals surface area contributed by atoms with E-state index in [4.69, 9.17) is 11.6 Å². The summed E-state index contributed by atoms with van der Waals surface area (Å²) in [5.74, 6) is 0. The topological polar surface area (TPSA) is 21.1 Å². The van der Waals surface area contributed by atoms with E-state index in [0.29, 0.717) is 0 Å². The van der Waals surface area contributed by atoms with Crippen LogP contribution in [0.5, 0.6) is 0 Å². The number of hydrogen-bond acceptors (Lipinski definition) is 2. The third-order valence-corrected chi connectivity index (χ3v) is 6.22. The summed E-state index contributed by atoms with van der Waals surface area (Å²) in [6.07, 6.45) is 8.97. The highest BCUT2D eigenvalue weighted by molar-refractivity contribution is 6.31. The zero-order valence-electron chi connectivity index (χ0n) is 15.9. The molecule has 5 rings (SSSR count). The van der Waals surface area contributed by atoms with Gasteiger partial charge in [-0.25, -0.2) is 0 Å². The van der Waals surface area contributed by atoms with Crippen molar-refractivity contribution in [2.45, 2.75) is 39.2 Å². The minimum atomic E-state index is 0.813. The first-order chi connectivity index (χ1) is 13.1. The Hall–Kier alpha value is -2.10. The maximum Gasteiger partial charge on any atom is 0.0529 e. The number of aryl methyl sites for hydroxylation is 2. The first-order valence-corrected chi connectivity index (χ1v) is 10.1. The van der Waals surface area contributed by atoms with Crippen LogP contribution in [0.15, 0.2) is 30.5 Å². The van der Waals surface area contributed by atoms with Crippen molar-refractivity contribution in [2.75, 3.05) is 13.6 Å². The largest absolute Gasteiger partial charge is 0.320 e. The first-order valence-electron chi connectivity index (χ1n) is 9.76. The van der Waals surface area contributed by atoms with Gasteiger partial charge in [-0.1, -0.05) is 11.6 Å². The Morgan fingerprint density at radius 2 is 2.04 bits per heavy atom. The molecule has 3 aromatic rings. The molecule has 3 heterocycles. The number of hydrogen-bond donors (Lipinski definition) is 0. The average molecular weight is 378 g/mol. The lowest BCUT2D eigenvalue weighted by Crippen LogP contribution is -2.26. The van der Waals surface area contributed by atoms with Gasteiger partial charge in [-0.2, -0.15) is 0 Å². The number of nitrogens with zero attached hydrogens (tertiary/aromatic N) is 3. The highest BCUT2D eigenvalue weighted by Crippen LogP contribution is 2.36. The molecule has 4 heteroatoms. The summed E-state index contributed by atoms with van der Waals surface area (Å²) in [6, 6.07) is 8.57. The van der Waals surface area contributed by atoms with Crippen molar-refractivity contribution >= 4 is 34.3 Å². The van der Waals surface area contributed by atoms with Crippen molar-refractivity contribution in [2.24, 2.45) is 0 Å². The van der Waals surface area contributed by atoms with Crippen LogP contribution in [0.25, 0.3) is 22.7 Å². The highest BCUT2D eigenvalue weighted by atomic mass is 35.5. The average Bonchev–Trinajstić information content (AvgIpc) is 2.94. The highest BCUT2D eigenvalue weighted by Gasteiger charge is 2.23. The molecule has 2 aromatic heterocycles. The van der Waals surface area contributed by atoms with Gasteiger partial charge in [0.2, 0.25) is 0 Å². The van der Waals surface area contributed by atoms with E-state index in [9.17, 15) is 0 Å². The van der Waals surface area contributed by atoms with Crippen LogP contribution in [0.3, 0.4) is 0 Å². The Morgan fingerprint density at radius 1 is 1.15 bits per heavy atom. The Balaban J connectivity index is 1.73. The van der Waals surface area contributed by atoms with Gasteiger partial charge in [0.1, 0.15) is 0 Å². The molecular formula is C23H24ClN3. The number of allylic oxidation sites excluding steroid dienone is 1. The number of likely N-dealkylation sites (N-methyl/N-ethyl adjacent to an activating group) is 1. The molecule has 0 saturated heterocycles. The molecule has 27 heavy (non-hydrogen) atoms. The van der Waals surface area contributed by atoms with Gasteiger partial charge in [0.05, 0.1) is 5.52 Å². The van der Waals surface area contributed by atoms with Crippen molar-refractivity contribution in [1.29, 1.82) is 0 Å². The van der Waals surface area contributed by atoms with Crippen LogP contribution >= 0.6 is 11.6 Å². The van der Waals surface area contributed by atoms with E-state index in [1.54, 1.807) is 0 Å².